The van der Waals surface area contributed by atoms with E-state index >= 15 is 0 Å². The highest BCUT2D eigenvalue weighted by atomic mass is 16.5. The Hall–Kier alpha value is -1.29. The van der Waals surface area contributed by atoms with Crippen molar-refractivity contribution in [1.82, 2.24) is 4.98 Å². The first kappa shape index (κ1) is 11.8. The van der Waals surface area contributed by atoms with Crippen LogP contribution >= 0.6 is 0 Å². The maximum atomic E-state index is 5.13. The lowest BCUT2D eigenvalue weighted by Gasteiger charge is -2.17. The SMILES string of the molecule is CCC(COC)Nc1cncc(NC)c1. The van der Waals surface area contributed by atoms with Gasteiger partial charge in [-0.25, -0.2) is 0 Å². The molecule has 0 saturated carbocycles. The predicted octanol–water partition coefficient (Wildman–Crippen LogP) is 1.96. The third-order valence-corrected chi connectivity index (χ3v) is 2.26. The Morgan fingerprint density at radius 3 is 2.73 bits per heavy atom. The van der Waals surface area contributed by atoms with E-state index in [4.69, 9.17) is 4.74 Å². The second-order valence-electron chi connectivity index (χ2n) is 3.42. The number of nitrogens with zero attached hydrogens (tertiary/aromatic N) is 1. The van der Waals surface area contributed by atoms with Crippen LogP contribution in [0.1, 0.15) is 13.3 Å². The van der Waals surface area contributed by atoms with Crippen molar-refractivity contribution in [2.75, 3.05) is 31.4 Å². The van der Waals surface area contributed by atoms with Crippen LogP contribution in [0.5, 0.6) is 0 Å². The highest BCUT2D eigenvalue weighted by Gasteiger charge is 2.05. The molecule has 0 amide bonds. The summed E-state index contributed by atoms with van der Waals surface area (Å²) in [6.45, 7) is 2.84. The van der Waals surface area contributed by atoms with Crippen LogP contribution in [0.4, 0.5) is 11.4 Å². The minimum Gasteiger partial charge on any atom is -0.387 e. The van der Waals surface area contributed by atoms with Crippen molar-refractivity contribution >= 4 is 11.4 Å². The largest absolute Gasteiger partial charge is 0.387 e. The second-order valence-corrected chi connectivity index (χ2v) is 3.42. The Balaban J connectivity index is 2.61. The van der Waals surface area contributed by atoms with Crippen LogP contribution < -0.4 is 10.6 Å². The number of pyridine rings is 1. The molecule has 1 unspecified atom stereocenters. The zero-order valence-corrected chi connectivity index (χ0v) is 9.58. The summed E-state index contributed by atoms with van der Waals surface area (Å²) in [4.78, 5) is 4.14. The Kier molecular flexibility index (Phi) is 4.90. The summed E-state index contributed by atoms with van der Waals surface area (Å²) in [5.74, 6) is 0. The summed E-state index contributed by atoms with van der Waals surface area (Å²) >= 11 is 0. The third-order valence-electron chi connectivity index (χ3n) is 2.26. The molecule has 84 valence electrons. The van der Waals surface area contributed by atoms with E-state index in [1.165, 1.54) is 0 Å². The second kappa shape index (κ2) is 6.24. The van der Waals surface area contributed by atoms with Gasteiger partial charge in [0.1, 0.15) is 0 Å². The predicted molar refractivity (Wildman–Crippen MR) is 63.4 cm³/mol. The molecule has 0 spiro atoms. The van der Waals surface area contributed by atoms with Gasteiger partial charge in [-0.05, 0) is 12.5 Å². The van der Waals surface area contributed by atoms with Crippen LogP contribution in [0.3, 0.4) is 0 Å². The van der Waals surface area contributed by atoms with E-state index in [2.05, 4.69) is 22.5 Å². The molecular formula is C11H19N3O. The number of rotatable bonds is 6. The van der Waals surface area contributed by atoms with E-state index in [0.717, 1.165) is 17.8 Å². The van der Waals surface area contributed by atoms with Crippen LogP contribution in [0.25, 0.3) is 0 Å². The molecule has 0 fully saturated rings. The molecule has 4 heteroatoms. The topological polar surface area (TPSA) is 46.2 Å². The van der Waals surface area contributed by atoms with Crippen LogP contribution in [-0.2, 0) is 4.74 Å². The average Bonchev–Trinajstić information content (AvgIpc) is 2.29. The number of aromatic nitrogens is 1. The van der Waals surface area contributed by atoms with E-state index in [1.807, 2.05) is 19.3 Å². The maximum absolute atomic E-state index is 5.13. The van der Waals surface area contributed by atoms with Gasteiger partial charge in [-0.3, -0.25) is 4.98 Å². The maximum Gasteiger partial charge on any atom is 0.0663 e. The first-order chi connectivity index (χ1) is 7.30. The highest BCUT2D eigenvalue weighted by molar-refractivity contribution is 5.53. The number of hydrogen-bond acceptors (Lipinski definition) is 4. The molecule has 0 bridgehead atoms. The van der Waals surface area contributed by atoms with Crippen molar-refractivity contribution in [2.24, 2.45) is 0 Å². The van der Waals surface area contributed by atoms with E-state index < -0.39 is 0 Å². The number of methoxy groups -OCH3 is 1. The number of nitrogens with one attached hydrogen (secondary N) is 2. The van der Waals surface area contributed by atoms with Crippen molar-refractivity contribution in [3.8, 4) is 0 Å². The lowest BCUT2D eigenvalue weighted by molar-refractivity contribution is 0.184. The first-order valence-electron chi connectivity index (χ1n) is 5.18. The van der Waals surface area contributed by atoms with E-state index in [0.29, 0.717) is 12.6 Å². The fourth-order valence-corrected chi connectivity index (χ4v) is 1.35. The molecule has 1 aromatic heterocycles. The lowest BCUT2D eigenvalue weighted by atomic mass is 10.2. The molecule has 4 nitrogen and oxygen atoms in total. The fourth-order valence-electron chi connectivity index (χ4n) is 1.35. The third kappa shape index (κ3) is 3.75. The summed E-state index contributed by atoms with van der Waals surface area (Å²) in [7, 11) is 3.60. The molecule has 0 aliphatic carbocycles. The molecule has 0 saturated heterocycles. The van der Waals surface area contributed by atoms with Gasteiger partial charge >= 0.3 is 0 Å². The zero-order chi connectivity index (χ0) is 11.1. The highest BCUT2D eigenvalue weighted by Crippen LogP contribution is 2.14. The number of anilines is 2. The molecular weight excluding hydrogens is 190 g/mol. The minimum absolute atomic E-state index is 0.337. The van der Waals surface area contributed by atoms with Gasteiger partial charge in [0, 0.05) is 20.2 Å². The van der Waals surface area contributed by atoms with Crippen molar-refractivity contribution in [3.05, 3.63) is 18.5 Å². The van der Waals surface area contributed by atoms with E-state index in [9.17, 15) is 0 Å². The summed E-state index contributed by atoms with van der Waals surface area (Å²) in [6, 6.07) is 2.37. The average molecular weight is 209 g/mol. The van der Waals surface area contributed by atoms with Gasteiger partial charge in [-0.15, -0.1) is 0 Å². The molecule has 0 aliphatic rings. The Bertz CT molecular complexity index is 291. The zero-order valence-electron chi connectivity index (χ0n) is 9.58. The van der Waals surface area contributed by atoms with Crippen LogP contribution in [0, 0.1) is 0 Å². The number of hydrogen-bond donors (Lipinski definition) is 2. The molecule has 1 aromatic rings. The van der Waals surface area contributed by atoms with Crippen molar-refractivity contribution in [2.45, 2.75) is 19.4 Å². The fraction of sp³-hybridized carbons (Fsp3) is 0.545. The standard InChI is InChI=1S/C11H19N3O/c1-4-9(8-15-3)14-11-5-10(12-2)6-13-7-11/h5-7,9,12,14H,4,8H2,1-3H3. The van der Waals surface area contributed by atoms with Gasteiger partial charge in [-0.1, -0.05) is 6.92 Å². The van der Waals surface area contributed by atoms with Gasteiger partial charge in [0.2, 0.25) is 0 Å². The van der Waals surface area contributed by atoms with Crippen molar-refractivity contribution in [3.63, 3.8) is 0 Å². The van der Waals surface area contributed by atoms with Gasteiger partial charge in [0.15, 0.2) is 0 Å². The Morgan fingerprint density at radius 2 is 2.13 bits per heavy atom. The number of ether oxygens (including phenoxy) is 1. The molecule has 0 aliphatic heterocycles. The van der Waals surface area contributed by atoms with Gasteiger partial charge < -0.3 is 15.4 Å². The van der Waals surface area contributed by atoms with Gasteiger partial charge in [-0.2, -0.15) is 0 Å². The molecule has 0 radical (unpaired) electrons. The quantitative estimate of drug-likeness (QED) is 0.752. The molecule has 15 heavy (non-hydrogen) atoms. The molecule has 0 aromatic carbocycles. The molecule has 1 rings (SSSR count). The monoisotopic (exact) mass is 209 g/mol. The Morgan fingerprint density at radius 1 is 1.40 bits per heavy atom. The minimum atomic E-state index is 0.337. The van der Waals surface area contributed by atoms with E-state index in [-0.39, 0.29) is 0 Å². The van der Waals surface area contributed by atoms with Crippen molar-refractivity contribution in [1.29, 1.82) is 0 Å². The molecule has 2 N–H and O–H groups in total. The first-order valence-corrected chi connectivity index (χ1v) is 5.18. The summed E-state index contributed by atoms with van der Waals surface area (Å²) in [5, 5.41) is 6.43. The smallest absolute Gasteiger partial charge is 0.0663 e. The normalized spacial score (nSPS) is 12.2. The summed E-state index contributed by atoms with van der Waals surface area (Å²) in [6.07, 6.45) is 4.64. The van der Waals surface area contributed by atoms with Crippen LogP contribution in [0.15, 0.2) is 18.5 Å². The Labute approximate surface area is 91.1 Å². The van der Waals surface area contributed by atoms with E-state index in [1.54, 1.807) is 13.3 Å². The van der Waals surface area contributed by atoms with Gasteiger partial charge in [0.05, 0.1) is 30.4 Å². The van der Waals surface area contributed by atoms with Crippen LogP contribution in [0.2, 0.25) is 0 Å². The lowest BCUT2D eigenvalue weighted by Crippen LogP contribution is -2.23. The van der Waals surface area contributed by atoms with Crippen LogP contribution in [-0.4, -0.2) is 31.8 Å². The van der Waals surface area contributed by atoms with Gasteiger partial charge in [0.25, 0.3) is 0 Å². The molecule has 1 heterocycles. The summed E-state index contributed by atoms with van der Waals surface area (Å²) < 4.78 is 5.13. The molecule has 1 atom stereocenters. The summed E-state index contributed by atoms with van der Waals surface area (Å²) in [5.41, 5.74) is 2.03. The van der Waals surface area contributed by atoms with Crippen molar-refractivity contribution < 1.29 is 4.74 Å².